The third kappa shape index (κ3) is 7.02. The highest BCUT2D eigenvalue weighted by molar-refractivity contribution is 7.80. The summed E-state index contributed by atoms with van der Waals surface area (Å²) in [6.45, 7) is 5.98. The zero-order chi connectivity index (χ0) is 20.6. The summed E-state index contributed by atoms with van der Waals surface area (Å²) in [5, 5.41) is 19.7. The van der Waals surface area contributed by atoms with Gasteiger partial charge in [-0.15, -0.1) is 0 Å². The summed E-state index contributed by atoms with van der Waals surface area (Å²) in [5.74, 6) is -2.74. The van der Waals surface area contributed by atoms with E-state index in [1.165, 1.54) is 6.92 Å². The topological polar surface area (TPSA) is 137 Å². The number of carbonyl (C=O) groups is 4. The number of amides is 3. The predicted molar refractivity (Wildman–Crippen MR) is 103 cm³/mol. The lowest BCUT2D eigenvalue weighted by Gasteiger charge is -2.26. The Morgan fingerprint density at radius 2 is 1.81 bits per heavy atom. The highest BCUT2D eigenvalue weighted by Crippen LogP contribution is 2.11. The van der Waals surface area contributed by atoms with E-state index in [0.717, 1.165) is 19.4 Å². The van der Waals surface area contributed by atoms with Crippen LogP contribution in [0.1, 0.15) is 40.0 Å². The van der Waals surface area contributed by atoms with Crippen LogP contribution in [0, 0.1) is 5.92 Å². The Bertz CT molecular complexity index is 553. The van der Waals surface area contributed by atoms with Crippen LogP contribution in [-0.2, 0) is 19.2 Å². The number of hydrogen-bond acceptors (Lipinski definition) is 6. The molecule has 5 atom stereocenters. The SMILES string of the molecule is CCC(C)C(NC(=O)C1CCCN1)C(=O)NC(C)C(=O)NC(CS)C(=O)O. The molecule has 0 aromatic heterocycles. The summed E-state index contributed by atoms with van der Waals surface area (Å²) in [6, 6.07) is -3.18. The second-order valence-corrected chi connectivity index (χ2v) is 7.20. The van der Waals surface area contributed by atoms with Crippen molar-refractivity contribution in [1.82, 2.24) is 21.3 Å². The molecule has 0 spiro atoms. The van der Waals surface area contributed by atoms with Gasteiger partial charge in [-0.25, -0.2) is 4.79 Å². The van der Waals surface area contributed by atoms with E-state index in [1.54, 1.807) is 0 Å². The van der Waals surface area contributed by atoms with Gasteiger partial charge in [0, 0.05) is 5.75 Å². The fourth-order valence-corrected chi connectivity index (χ4v) is 2.96. The smallest absolute Gasteiger partial charge is 0.327 e. The quantitative estimate of drug-likeness (QED) is 0.267. The van der Waals surface area contributed by atoms with E-state index >= 15 is 0 Å². The first kappa shape index (κ1) is 23.2. The Morgan fingerprint density at radius 3 is 2.30 bits per heavy atom. The second kappa shape index (κ2) is 11.1. The molecule has 1 rings (SSSR count). The number of nitrogens with one attached hydrogen (secondary N) is 4. The van der Waals surface area contributed by atoms with Crippen LogP contribution in [0.5, 0.6) is 0 Å². The number of hydrogen-bond donors (Lipinski definition) is 6. The Kier molecular flexibility index (Phi) is 9.57. The second-order valence-electron chi connectivity index (χ2n) is 6.83. The van der Waals surface area contributed by atoms with Crippen LogP contribution >= 0.6 is 12.6 Å². The molecule has 1 heterocycles. The fourth-order valence-electron chi connectivity index (χ4n) is 2.72. The molecule has 0 radical (unpaired) electrons. The van der Waals surface area contributed by atoms with E-state index < -0.39 is 35.9 Å². The van der Waals surface area contributed by atoms with Crippen molar-refractivity contribution >= 4 is 36.3 Å². The van der Waals surface area contributed by atoms with Crippen LogP contribution in [0.2, 0.25) is 0 Å². The van der Waals surface area contributed by atoms with Gasteiger partial charge in [-0.1, -0.05) is 20.3 Å². The molecular weight excluding hydrogens is 372 g/mol. The molecule has 0 saturated carbocycles. The van der Waals surface area contributed by atoms with E-state index in [1.807, 2.05) is 13.8 Å². The first-order valence-electron chi connectivity index (χ1n) is 9.19. The third-order valence-corrected chi connectivity index (χ3v) is 5.08. The summed E-state index contributed by atoms with van der Waals surface area (Å²) in [7, 11) is 0. The summed E-state index contributed by atoms with van der Waals surface area (Å²) in [5.41, 5.74) is 0. The van der Waals surface area contributed by atoms with Crippen molar-refractivity contribution in [3.8, 4) is 0 Å². The van der Waals surface area contributed by atoms with Crippen LogP contribution in [0.25, 0.3) is 0 Å². The summed E-state index contributed by atoms with van der Waals surface area (Å²) in [4.78, 5) is 48.1. The van der Waals surface area contributed by atoms with Crippen LogP contribution in [-0.4, -0.2) is 65.3 Å². The zero-order valence-corrected chi connectivity index (χ0v) is 16.8. The normalized spacial score (nSPS) is 20.8. The van der Waals surface area contributed by atoms with Gasteiger partial charge in [0.1, 0.15) is 18.1 Å². The molecule has 0 aromatic rings. The average Bonchev–Trinajstić information content (AvgIpc) is 3.17. The van der Waals surface area contributed by atoms with Crippen LogP contribution < -0.4 is 21.3 Å². The van der Waals surface area contributed by atoms with Gasteiger partial charge in [-0.3, -0.25) is 14.4 Å². The third-order valence-electron chi connectivity index (χ3n) is 4.72. The van der Waals surface area contributed by atoms with Crippen LogP contribution in [0.4, 0.5) is 0 Å². The molecule has 1 saturated heterocycles. The molecule has 1 fully saturated rings. The van der Waals surface area contributed by atoms with E-state index in [0.29, 0.717) is 6.42 Å². The van der Waals surface area contributed by atoms with Gasteiger partial charge in [0.05, 0.1) is 6.04 Å². The van der Waals surface area contributed by atoms with Crippen LogP contribution in [0.15, 0.2) is 0 Å². The highest BCUT2D eigenvalue weighted by atomic mass is 32.1. The van der Waals surface area contributed by atoms with Crippen molar-refractivity contribution in [2.24, 2.45) is 5.92 Å². The molecular formula is C17H30N4O5S. The minimum atomic E-state index is -1.20. The summed E-state index contributed by atoms with van der Waals surface area (Å²) < 4.78 is 0. The molecule has 5 N–H and O–H groups in total. The molecule has 27 heavy (non-hydrogen) atoms. The van der Waals surface area contributed by atoms with Gasteiger partial charge < -0.3 is 26.4 Å². The van der Waals surface area contributed by atoms with E-state index in [2.05, 4.69) is 33.9 Å². The van der Waals surface area contributed by atoms with Crippen LogP contribution in [0.3, 0.4) is 0 Å². The highest BCUT2D eigenvalue weighted by Gasteiger charge is 2.32. The van der Waals surface area contributed by atoms with Gasteiger partial charge in [-0.2, -0.15) is 12.6 Å². The molecule has 0 aliphatic carbocycles. The maximum absolute atomic E-state index is 12.6. The van der Waals surface area contributed by atoms with Crippen molar-refractivity contribution in [3.05, 3.63) is 0 Å². The molecule has 154 valence electrons. The Labute approximate surface area is 164 Å². The molecule has 9 nitrogen and oxygen atoms in total. The number of carboxylic acid groups (broad SMARTS) is 1. The number of thiol groups is 1. The number of rotatable bonds is 10. The standard InChI is InChI=1S/C17H30N4O5S/c1-4-9(2)13(21-15(23)11-6-5-7-18-11)16(24)19-10(3)14(22)20-12(8-27)17(25)26/h9-13,18,27H,4-8H2,1-3H3,(H,19,24)(H,20,22)(H,21,23)(H,25,26). The predicted octanol–water partition coefficient (Wildman–Crippen LogP) is -0.727. The Balaban J connectivity index is 2.70. The Hall–Kier alpha value is -1.81. The first-order chi connectivity index (χ1) is 12.7. The average molecular weight is 403 g/mol. The molecule has 1 aliphatic heterocycles. The number of carboxylic acids is 1. The van der Waals surface area contributed by atoms with Gasteiger partial charge in [0.15, 0.2) is 0 Å². The van der Waals surface area contributed by atoms with Crippen molar-refractivity contribution < 1.29 is 24.3 Å². The molecule has 3 amide bonds. The van der Waals surface area contributed by atoms with Gasteiger partial charge >= 0.3 is 5.97 Å². The zero-order valence-electron chi connectivity index (χ0n) is 15.9. The molecule has 10 heteroatoms. The fraction of sp³-hybridized carbons (Fsp3) is 0.765. The van der Waals surface area contributed by atoms with Gasteiger partial charge in [0.2, 0.25) is 17.7 Å². The molecule has 0 bridgehead atoms. The van der Waals surface area contributed by atoms with E-state index in [-0.39, 0.29) is 23.6 Å². The minimum Gasteiger partial charge on any atom is -0.480 e. The number of carbonyl (C=O) groups excluding carboxylic acids is 3. The lowest BCUT2D eigenvalue weighted by atomic mass is 9.97. The lowest BCUT2D eigenvalue weighted by Crippen LogP contribution is -2.58. The monoisotopic (exact) mass is 402 g/mol. The largest absolute Gasteiger partial charge is 0.480 e. The first-order valence-corrected chi connectivity index (χ1v) is 9.82. The van der Waals surface area contributed by atoms with E-state index in [9.17, 15) is 19.2 Å². The number of aliphatic carboxylic acids is 1. The molecule has 5 unspecified atom stereocenters. The van der Waals surface area contributed by atoms with Crippen molar-refractivity contribution in [3.63, 3.8) is 0 Å². The summed E-state index contributed by atoms with van der Waals surface area (Å²) in [6.07, 6.45) is 2.29. The maximum atomic E-state index is 12.6. The maximum Gasteiger partial charge on any atom is 0.327 e. The minimum absolute atomic E-state index is 0.0678. The molecule has 0 aromatic carbocycles. The van der Waals surface area contributed by atoms with Gasteiger partial charge in [0.25, 0.3) is 0 Å². The van der Waals surface area contributed by atoms with E-state index in [4.69, 9.17) is 5.11 Å². The summed E-state index contributed by atoms with van der Waals surface area (Å²) >= 11 is 3.88. The van der Waals surface area contributed by atoms with Crippen molar-refractivity contribution in [1.29, 1.82) is 0 Å². The lowest BCUT2D eigenvalue weighted by molar-refractivity contribution is -0.141. The molecule has 1 aliphatic rings. The van der Waals surface area contributed by atoms with Crippen molar-refractivity contribution in [2.45, 2.75) is 64.2 Å². The van der Waals surface area contributed by atoms with Crippen molar-refractivity contribution in [2.75, 3.05) is 12.3 Å². The Morgan fingerprint density at radius 1 is 1.15 bits per heavy atom. The van der Waals surface area contributed by atoms with Gasteiger partial charge in [-0.05, 0) is 32.2 Å².